The van der Waals surface area contributed by atoms with E-state index < -0.39 is 35.3 Å². The molecule has 2 amide bonds. The lowest BCUT2D eigenvalue weighted by molar-refractivity contribution is -0.155. The molecule has 2 fully saturated rings. The standard InChI is InChI=1S/C28H33N3O5/c1-6-15-28(27(35)36-7-2)23-22(24(29-28)18-11-13-20(14-12-18)30(4)5)25(33)31(26(23)34)21-10-8-9-19(16-21)17(3)32/h8-14,16,22-24,29H,6-7,15H2,1-5H3/t22-,23+,24-,28+/m0/s1. The Hall–Kier alpha value is -3.52. The van der Waals surface area contributed by atoms with E-state index in [4.69, 9.17) is 4.74 Å². The summed E-state index contributed by atoms with van der Waals surface area (Å²) in [4.78, 5) is 56.4. The van der Waals surface area contributed by atoms with Crippen molar-refractivity contribution in [3.05, 3.63) is 59.7 Å². The van der Waals surface area contributed by atoms with Crippen LogP contribution in [0.3, 0.4) is 0 Å². The SMILES string of the molecule is CCC[C@@]1(C(=O)OCC)N[C@@H](c2ccc(N(C)C)cc2)[C@H]2C(=O)N(c3cccc(C(C)=O)c3)C(=O)[C@@H]21. The number of carbonyl (C=O) groups is 4. The van der Waals surface area contributed by atoms with Crippen molar-refractivity contribution >= 4 is 34.9 Å². The number of rotatable bonds is 8. The molecule has 4 rings (SSSR count). The van der Waals surface area contributed by atoms with Crippen LogP contribution in [-0.2, 0) is 19.1 Å². The molecule has 36 heavy (non-hydrogen) atoms. The van der Waals surface area contributed by atoms with Crippen LogP contribution in [0.25, 0.3) is 0 Å². The molecule has 1 N–H and O–H groups in total. The maximum Gasteiger partial charge on any atom is 0.327 e. The Labute approximate surface area is 211 Å². The van der Waals surface area contributed by atoms with Gasteiger partial charge in [-0.25, -0.2) is 4.90 Å². The number of nitrogens with one attached hydrogen (secondary N) is 1. The van der Waals surface area contributed by atoms with Crippen LogP contribution in [0.1, 0.15) is 55.6 Å². The molecule has 2 saturated heterocycles. The molecule has 8 nitrogen and oxygen atoms in total. The van der Waals surface area contributed by atoms with E-state index in [1.54, 1.807) is 31.2 Å². The van der Waals surface area contributed by atoms with Crippen LogP contribution < -0.4 is 15.1 Å². The number of ketones is 1. The topological polar surface area (TPSA) is 96.0 Å². The van der Waals surface area contributed by atoms with Crippen LogP contribution in [0.2, 0.25) is 0 Å². The highest BCUT2D eigenvalue weighted by atomic mass is 16.5. The van der Waals surface area contributed by atoms with Crippen molar-refractivity contribution < 1.29 is 23.9 Å². The number of hydrogen-bond donors (Lipinski definition) is 1. The second kappa shape index (κ2) is 9.85. The lowest BCUT2D eigenvalue weighted by Crippen LogP contribution is -2.56. The molecule has 0 radical (unpaired) electrons. The average molecular weight is 492 g/mol. The Kier molecular flexibility index (Phi) is 7.00. The number of carbonyl (C=O) groups excluding carboxylic acids is 4. The zero-order valence-corrected chi connectivity index (χ0v) is 21.4. The molecule has 4 atom stereocenters. The van der Waals surface area contributed by atoms with Crippen molar-refractivity contribution in [2.75, 3.05) is 30.5 Å². The van der Waals surface area contributed by atoms with E-state index in [-0.39, 0.29) is 18.3 Å². The number of benzene rings is 2. The summed E-state index contributed by atoms with van der Waals surface area (Å²) in [7, 11) is 3.89. The highest BCUT2D eigenvalue weighted by Crippen LogP contribution is 2.51. The molecule has 2 aromatic rings. The second-order valence-corrected chi connectivity index (χ2v) is 9.67. The molecule has 2 heterocycles. The molecule has 8 heteroatoms. The number of anilines is 2. The molecule has 0 bridgehead atoms. The van der Waals surface area contributed by atoms with Crippen LogP contribution in [-0.4, -0.2) is 49.8 Å². The molecule has 0 spiro atoms. The smallest absolute Gasteiger partial charge is 0.327 e. The van der Waals surface area contributed by atoms with Gasteiger partial charge in [-0.15, -0.1) is 0 Å². The molecular formula is C28H33N3O5. The van der Waals surface area contributed by atoms with Gasteiger partial charge >= 0.3 is 5.97 Å². The fourth-order valence-electron chi connectivity index (χ4n) is 5.56. The summed E-state index contributed by atoms with van der Waals surface area (Å²) in [5, 5.41) is 3.41. The first-order chi connectivity index (χ1) is 17.2. The maximum absolute atomic E-state index is 14.0. The second-order valence-electron chi connectivity index (χ2n) is 9.67. The number of Topliss-reactive ketones (excluding diaryl/α,β-unsaturated/α-hetero) is 1. The molecule has 0 aromatic heterocycles. The van der Waals surface area contributed by atoms with Crippen molar-refractivity contribution in [2.24, 2.45) is 11.8 Å². The highest BCUT2D eigenvalue weighted by Gasteiger charge is 2.68. The number of imide groups is 1. The van der Waals surface area contributed by atoms with Gasteiger partial charge in [-0.1, -0.05) is 37.6 Å². The van der Waals surface area contributed by atoms with Crippen molar-refractivity contribution in [2.45, 2.75) is 45.2 Å². The van der Waals surface area contributed by atoms with Crippen molar-refractivity contribution in [3.63, 3.8) is 0 Å². The number of hydrogen-bond acceptors (Lipinski definition) is 7. The Morgan fingerprint density at radius 3 is 2.33 bits per heavy atom. The first kappa shape index (κ1) is 25.6. The van der Waals surface area contributed by atoms with Crippen LogP contribution in [0.15, 0.2) is 48.5 Å². The number of amides is 2. The first-order valence-corrected chi connectivity index (χ1v) is 12.4. The summed E-state index contributed by atoms with van der Waals surface area (Å²) in [6, 6.07) is 13.7. The van der Waals surface area contributed by atoms with Gasteiger partial charge in [0.05, 0.1) is 24.1 Å². The summed E-state index contributed by atoms with van der Waals surface area (Å²) < 4.78 is 5.47. The van der Waals surface area contributed by atoms with E-state index in [9.17, 15) is 19.2 Å². The molecule has 0 saturated carbocycles. The van der Waals surface area contributed by atoms with Gasteiger partial charge in [0.15, 0.2) is 5.78 Å². The predicted molar refractivity (Wildman–Crippen MR) is 137 cm³/mol. The molecule has 0 unspecified atom stereocenters. The average Bonchev–Trinajstić information content (AvgIpc) is 3.33. The third kappa shape index (κ3) is 4.09. The predicted octanol–water partition coefficient (Wildman–Crippen LogP) is 3.51. The third-order valence-electron chi connectivity index (χ3n) is 7.22. The largest absolute Gasteiger partial charge is 0.465 e. The van der Waals surface area contributed by atoms with Crippen LogP contribution in [0.5, 0.6) is 0 Å². The summed E-state index contributed by atoms with van der Waals surface area (Å²) in [6.45, 7) is 5.26. The van der Waals surface area contributed by atoms with Crippen LogP contribution in [0.4, 0.5) is 11.4 Å². The summed E-state index contributed by atoms with van der Waals surface area (Å²) in [5.41, 5.74) is 1.22. The van der Waals surface area contributed by atoms with Gasteiger partial charge < -0.3 is 9.64 Å². The normalized spacial score (nSPS) is 25.1. The van der Waals surface area contributed by atoms with E-state index in [1.807, 2.05) is 50.2 Å². The van der Waals surface area contributed by atoms with E-state index >= 15 is 0 Å². The number of nitrogens with zero attached hydrogens (tertiary/aromatic N) is 2. The zero-order valence-electron chi connectivity index (χ0n) is 21.4. The van der Waals surface area contributed by atoms with Crippen molar-refractivity contribution in [1.29, 1.82) is 0 Å². The monoisotopic (exact) mass is 491 g/mol. The Bertz CT molecular complexity index is 1190. The van der Waals surface area contributed by atoms with E-state index in [0.29, 0.717) is 24.1 Å². The van der Waals surface area contributed by atoms with Gasteiger partial charge in [0.2, 0.25) is 11.8 Å². The first-order valence-electron chi connectivity index (χ1n) is 12.4. The van der Waals surface area contributed by atoms with Gasteiger partial charge in [0.25, 0.3) is 0 Å². The quantitative estimate of drug-likeness (QED) is 0.343. The van der Waals surface area contributed by atoms with Crippen LogP contribution in [0, 0.1) is 11.8 Å². The molecule has 190 valence electrons. The minimum Gasteiger partial charge on any atom is -0.465 e. The van der Waals surface area contributed by atoms with Crippen LogP contribution >= 0.6 is 0 Å². The van der Waals surface area contributed by atoms with Gasteiger partial charge in [-0.05, 0) is 50.1 Å². The fraction of sp³-hybridized carbons (Fsp3) is 0.429. The molecule has 2 aliphatic heterocycles. The molecular weight excluding hydrogens is 458 g/mol. The fourth-order valence-corrected chi connectivity index (χ4v) is 5.56. The lowest BCUT2D eigenvalue weighted by atomic mass is 9.77. The summed E-state index contributed by atoms with van der Waals surface area (Å²) >= 11 is 0. The summed E-state index contributed by atoms with van der Waals surface area (Å²) in [6.07, 6.45) is 0.961. The Morgan fingerprint density at radius 2 is 1.75 bits per heavy atom. The number of esters is 1. The molecule has 2 aromatic carbocycles. The minimum atomic E-state index is -1.33. The van der Waals surface area contributed by atoms with E-state index in [0.717, 1.165) is 16.2 Å². The maximum atomic E-state index is 14.0. The van der Waals surface area contributed by atoms with E-state index in [2.05, 4.69) is 5.32 Å². The highest BCUT2D eigenvalue weighted by molar-refractivity contribution is 6.24. The van der Waals surface area contributed by atoms with Gasteiger partial charge in [-0.2, -0.15) is 0 Å². The van der Waals surface area contributed by atoms with Crippen molar-refractivity contribution in [1.82, 2.24) is 5.32 Å². The van der Waals surface area contributed by atoms with Crippen molar-refractivity contribution in [3.8, 4) is 0 Å². The Balaban J connectivity index is 1.84. The minimum absolute atomic E-state index is 0.163. The lowest BCUT2D eigenvalue weighted by Gasteiger charge is -2.32. The summed E-state index contributed by atoms with van der Waals surface area (Å²) in [5.74, 6) is -3.24. The van der Waals surface area contributed by atoms with Gasteiger partial charge in [0.1, 0.15) is 5.54 Å². The molecule has 2 aliphatic rings. The van der Waals surface area contributed by atoms with E-state index in [1.165, 1.54) is 6.92 Å². The number of ether oxygens (including phenoxy) is 1. The zero-order chi connectivity index (χ0) is 26.2. The molecule has 0 aliphatic carbocycles. The number of fused-ring (bicyclic) bond motifs is 1. The van der Waals surface area contributed by atoms with Gasteiger partial charge in [0, 0.05) is 31.4 Å². The van der Waals surface area contributed by atoms with Gasteiger partial charge in [-0.3, -0.25) is 24.5 Å². The third-order valence-corrected chi connectivity index (χ3v) is 7.22. The Morgan fingerprint density at radius 1 is 1.06 bits per heavy atom.